The summed E-state index contributed by atoms with van der Waals surface area (Å²) in [6.07, 6.45) is 5.00. The zero-order valence-electron chi connectivity index (χ0n) is 8.00. The Kier molecular flexibility index (Phi) is 3.57. The molecule has 3 nitrogen and oxygen atoms in total. The molecule has 0 bridgehead atoms. The summed E-state index contributed by atoms with van der Waals surface area (Å²) < 4.78 is 0. The average molecular weight is 188 g/mol. The lowest BCUT2D eigenvalue weighted by Gasteiger charge is -2.05. The van der Waals surface area contributed by atoms with E-state index in [2.05, 4.69) is 16.6 Å². The summed E-state index contributed by atoms with van der Waals surface area (Å²) in [5.74, 6) is 2.32. The van der Waals surface area contributed by atoms with Crippen LogP contribution in [0.25, 0.3) is 0 Å². The van der Waals surface area contributed by atoms with Gasteiger partial charge in [-0.05, 0) is 24.6 Å². The van der Waals surface area contributed by atoms with Gasteiger partial charge in [-0.3, -0.25) is 0 Å². The normalized spacial score (nSPS) is 8.86. The predicted molar refractivity (Wildman–Crippen MR) is 57.0 cm³/mol. The third-order valence-electron chi connectivity index (χ3n) is 1.63. The zero-order chi connectivity index (χ0) is 10.4. The Morgan fingerprint density at radius 2 is 2.36 bits per heavy atom. The van der Waals surface area contributed by atoms with Gasteiger partial charge < -0.3 is 10.6 Å². The van der Waals surface area contributed by atoms with Crippen LogP contribution in [0.5, 0.6) is 0 Å². The maximum Gasteiger partial charge on any atom is 0.319 e. The van der Waals surface area contributed by atoms with Crippen LogP contribution in [-0.4, -0.2) is 12.6 Å². The maximum atomic E-state index is 11.2. The van der Waals surface area contributed by atoms with Crippen molar-refractivity contribution in [3.05, 3.63) is 29.8 Å². The van der Waals surface area contributed by atoms with Gasteiger partial charge in [-0.15, -0.1) is 6.42 Å². The van der Waals surface area contributed by atoms with Crippen molar-refractivity contribution in [1.29, 1.82) is 0 Å². The third kappa shape index (κ3) is 3.20. The van der Waals surface area contributed by atoms with Crippen molar-refractivity contribution in [2.24, 2.45) is 0 Å². The average Bonchev–Trinajstić information content (AvgIpc) is 2.15. The lowest BCUT2D eigenvalue weighted by molar-refractivity contribution is 0.253. The Morgan fingerprint density at radius 3 is 3.00 bits per heavy atom. The van der Waals surface area contributed by atoms with Crippen molar-refractivity contribution >= 4 is 11.7 Å². The smallest absolute Gasteiger partial charge is 0.319 e. The fourth-order valence-corrected chi connectivity index (χ4v) is 1.03. The van der Waals surface area contributed by atoms with E-state index in [-0.39, 0.29) is 12.6 Å². The highest BCUT2D eigenvalue weighted by atomic mass is 16.2. The van der Waals surface area contributed by atoms with E-state index in [1.165, 1.54) is 0 Å². The van der Waals surface area contributed by atoms with E-state index in [0.29, 0.717) is 0 Å². The molecule has 0 atom stereocenters. The summed E-state index contributed by atoms with van der Waals surface area (Å²) in [5.41, 5.74) is 1.86. The van der Waals surface area contributed by atoms with Crippen molar-refractivity contribution in [2.75, 3.05) is 11.9 Å². The number of nitrogens with one attached hydrogen (secondary N) is 2. The van der Waals surface area contributed by atoms with E-state index in [1.54, 1.807) is 0 Å². The number of amides is 2. The Hall–Kier alpha value is -1.95. The molecular weight excluding hydrogens is 176 g/mol. The van der Waals surface area contributed by atoms with E-state index in [9.17, 15) is 4.79 Å². The van der Waals surface area contributed by atoms with Crippen LogP contribution < -0.4 is 10.6 Å². The lowest BCUT2D eigenvalue weighted by Crippen LogP contribution is -2.28. The minimum absolute atomic E-state index is 0.234. The van der Waals surface area contributed by atoms with Crippen molar-refractivity contribution in [3.63, 3.8) is 0 Å². The summed E-state index contributed by atoms with van der Waals surface area (Å²) in [4.78, 5) is 11.2. The summed E-state index contributed by atoms with van der Waals surface area (Å²) in [6.45, 7) is 2.20. The Balaban J connectivity index is 2.53. The number of benzene rings is 1. The third-order valence-corrected chi connectivity index (χ3v) is 1.63. The number of terminal acetylenes is 1. The first-order chi connectivity index (χ1) is 6.72. The van der Waals surface area contributed by atoms with Crippen LogP contribution in [0.15, 0.2) is 24.3 Å². The molecular formula is C11H12N2O. The molecule has 72 valence electrons. The van der Waals surface area contributed by atoms with Gasteiger partial charge in [0.15, 0.2) is 0 Å². The highest BCUT2D eigenvalue weighted by Crippen LogP contribution is 2.08. The molecule has 0 unspecified atom stereocenters. The molecule has 0 fully saturated rings. The molecule has 2 N–H and O–H groups in total. The van der Waals surface area contributed by atoms with E-state index in [0.717, 1.165) is 11.3 Å². The van der Waals surface area contributed by atoms with E-state index in [4.69, 9.17) is 6.42 Å². The van der Waals surface area contributed by atoms with Crippen LogP contribution in [0.3, 0.4) is 0 Å². The molecule has 2 amide bonds. The first-order valence-corrected chi connectivity index (χ1v) is 4.27. The van der Waals surface area contributed by atoms with Crippen molar-refractivity contribution < 1.29 is 4.79 Å². The summed E-state index contributed by atoms with van der Waals surface area (Å²) in [6, 6.07) is 7.27. The highest BCUT2D eigenvalue weighted by Gasteiger charge is 1.98. The molecule has 1 rings (SSSR count). The monoisotopic (exact) mass is 188 g/mol. The minimum Gasteiger partial charge on any atom is -0.327 e. The highest BCUT2D eigenvalue weighted by molar-refractivity contribution is 5.89. The van der Waals surface area contributed by atoms with Crippen LogP contribution >= 0.6 is 0 Å². The molecule has 1 aromatic rings. The molecule has 0 aliphatic rings. The topological polar surface area (TPSA) is 41.1 Å². The molecule has 0 aromatic heterocycles. The SMILES string of the molecule is C#CCNC(=O)Nc1cccc(C)c1. The quantitative estimate of drug-likeness (QED) is 0.682. The number of aryl methyl sites for hydroxylation is 1. The van der Waals surface area contributed by atoms with Gasteiger partial charge in [0, 0.05) is 5.69 Å². The molecule has 0 saturated heterocycles. The second kappa shape index (κ2) is 4.93. The summed E-state index contributed by atoms with van der Waals surface area (Å²) >= 11 is 0. The van der Waals surface area contributed by atoms with Gasteiger partial charge in [-0.25, -0.2) is 4.79 Å². The van der Waals surface area contributed by atoms with Crippen molar-refractivity contribution in [2.45, 2.75) is 6.92 Å². The Labute approximate surface area is 83.5 Å². The first kappa shape index (κ1) is 10.1. The predicted octanol–water partition coefficient (Wildman–Crippen LogP) is 1.75. The second-order valence-corrected chi connectivity index (χ2v) is 2.88. The molecule has 3 heteroatoms. The van der Waals surface area contributed by atoms with E-state index < -0.39 is 0 Å². The minimum atomic E-state index is -0.284. The maximum absolute atomic E-state index is 11.2. The van der Waals surface area contributed by atoms with Gasteiger partial charge in [0.05, 0.1) is 6.54 Å². The van der Waals surface area contributed by atoms with Gasteiger partial charge >= 0.3 is 6.03 Å². The fourth-order valence-electron chi connectivity index (χ4n) is 1.03. The largest absolute Gasteiger partial charge is 0.327 e. The molecule has 0 radical (unpaired) electrons. The number of carbonyl (C=O) groups is 1. The van der Waals surface area contributed by atoms with Gasteiger partial charge in [-0.2, -0.15) is 0 Å². The number of rotatable bonds is 2. The van der Waals surface area contributed by atoms with Crippen LogP contribution in [0.1, 0.15) is 5.56 Å². The molecule has 0 aliphatic heterocycles. The van der Waals surface area contributed by atoms with Crippen LogP contribution in [0.2, 0.25) is 0 Å². The Morgan fingerprint density at radius 1 is 1.57 bits per heavy atom. The van der Waals surface area contributed by atoms with Gasteiger partial charge in [0.1, 0.15) is 0 Å². The van der Waals surface area contributed by atoms with Crippen molar-refractivity contribution in [3.8, 4) is 12.3 Å². The van der Waals surface area contributed by atoms with E-state index in [1.807, 2.05) is 31.2 Å². The number of urea groups is 1. The molecule has 0 heterocycles. The molecule has 0 aliphatic carbocycles. The molecule has 14 heavy (non-hydrogen) atoms. The number of anilines is 1. The summed E-state index contributed by atoms with van der Waals surface area (Å²) in [5, 5.41) is 5.19. The number of carbonyl (C=O) groups excluding carboxylic acids is 1. The zero-order valence-corrected chi connectivity index (χ0v) is 8.00. The van der Waals surface area contributed by atoms with Crippen LogP contribution in [0, 0.1) is 19.3 Å². The Bertz CT molecular complexity index is 366. The molecule has 0 spiro atoms. The molecule has 0 saturated carbocycles. The standard InChI is InChI=1S/C11H12N2O/c1-3-7-12-11(14)13-10-6-4-5-9(2)8-10/h1,4-6,8H,7H2,2H3,(H2,12,13,14). The van der Waals surface area contributed by atoms with Crippen LogP contribution in [-0.2, 0) is 0 Å². The second-order valence-electron chi connectivity index (χ2n) is 2.88. The molecule has 1 aromatic carbocycles. The van der Waals surface area contributed by atoms with Gasteiger partial charge in [0.2, 0.25) is 0 Å². The van der Waals surface area contributed by atoms with Crippen LogP contribution in [0.4, 0.5) is 10.5 Å². The van der Waals surface area contributed by atoms with Gasteiger partial charge in [0.25, 0.3) is 0 Å². The lowest BCUT2D eigenvalue weighted by atomic mass is 10.2. The van der Waals surface area contributed by atoms with Gasteiger partial charge in [-0.1, -0.05) is 18.1 Å². The summed E-state index contributed by atoms with van der Waals surface area (Å²) in [7, 11) is 0. The first-order valence-electron chi connectivity index (χ1n) is 4.27. The van der Waals surface area contributed by atoms with E-state index >= 15 is 0 Å². The fraction of sp³-hybridized carbons (Fsp3) is 0.182. The van der Waals surface area contributed by atoms with Crippen molar-refractivity contribution in [1.82, 2.24) is 5.32 Å². The number of hydrogen-bond acceptors (Lipinski definition) is 1. The number of hydrogen-bond donors (Lipinski definition) is 2.